The lowest BCUT2D eigenvalue weighted by molar-refractivity contribution is 0.101. The number of benzene rings is 2. The molecular weight excluding hydrogens is 362 g/mol. The van der Waals surface area contributed by atoms with Crippen molar-refractivity contribution in [2.75, 3.05) is 6.54 Å². The number of aromatic nitrogens is 2. The van der Waals surface area contributed by atoms with Gasteiger partial charge >= 0.3 is 0 Å². The van der Waals surface area contributed by atoms with Crippen LogP contribution in [-0.4, -0.2) is 27.0 Å². The second kappa shape index (κ2) is 8.21. The number of aryl methyl sites for hydroxylation is 1. The molecule has 5 heteroatoms. The number of nitrogens with zero attached hydrogens (tertiary/aromatic N) is 3. The van der Waals surface area contributed by atoms with Gasteiger partial charge in [-0.15, -0.1) is 0 Å². The fourth-order valence-corrected chi connectivity index (χ4v) is 4.00. The van der Waals surface area contributed by atoms with Gasteiger partial charge in [-0.1, -0.05) is 12.1 Å². The van der Waals surface area contributed by atoms with Gasteiger partial charge in [-0.2, -0.15) is 5.10 Å². The summed E-state index contributed by atoms with van der Waals surface area (Å²) >= 11 is 0. The molecule has 0 unspecified atom stereocenters. The highest BCUT2D eigenvalue weighted by Gasteiger charge is 2.28. The minimum atomic E-state index is 0.0580. The maximum atomic E-state index is 11.4. The molecule has 2 aromatic carbocycles. The molecule has 0 bridgehead atoms. The van der Waals surface area contributed by atoms with Crippen molar-refractivity contribution in [1.29, 1.82) is 0 Å². The van der Waals surface area contributed by atoms with Crippen LogP contribution in [0, 0.1) is 6.92 Å². The molecule has 5 nitrogen and oxygen atoms in total. The van der Waals surface area contributed by atoms with Crippen LogP contribution in [0.2, 0.25) is 0 Å². The molecule has 1 aliphatic rings. The summed E-state index contributed by atoms with van der Waals surface area (Å²) in [6.07, 6.45) is 4.42. The van der Waals surface area contributed by atoms with Crippen molar-refractivity contribution in [3.8, 4) is 11.5 Å². The van der Waals surface area contributed by atoms with Crippen molar-refractivity contribution in [1.82, 2.24) is 14.7 Å². The lowest BCUT2D eigenvalue weighted by atomic mass is 10.1. The summed E-state index contributed by atoms with van der Waals surface area (Å²) < 4.78 is 7.87. The maximum Gasteiger partial charge on any atom is 0.159 e. The molecule has 4 rings (SSSR count). The molecule has 1 atom stereocenters. The Bertz CT molecular complexity index is 990. The first-order valence-electron chi connectivity index (χ1n) is 10.1. The lowest BCUT2D eigenvalue weighted by Gasteiger charge is -2.24. The average molecular weight is 389 g/mol. The van der Waals surface area contributed by atoms with E-state index in [4.69, 9.17) is 4.74 Å². The first kappa shape index (κ1) is 19.4. The van der Waals surface area contributed by atoms with Crippen LogP contribution in [0.4, 0.5) is 0 Å². The van der Waals surface area contributed by atoms with Gasteiger partial charge in [-0.05, 0) is 75.2 Å². The summed E-state index contributed by atoms with van der Waals surface area (Å²) in [6.45, 7) is 5.75. The van der Waals surface area contributed by atoms with Gasteiger partial charge < -0.3 is 4.74 Å². The Kier molecular flexibility index (Phi) is 5.49. The Labute approximate surface area is 171 Å². The summed E-state index contributed by atoms with van der Waals surface area (Å²) in [5.74, 6) is 1.59. The molecule has 0 N–H and O–H groups in total. The van der Waals surface area contributed by atoms with Crippen LogP contribution >= 0.6 is 0 Å². The van der Waals surface area contributed by atoms with Gasteiger partial charge in [-0.25, -0.2) is 0 Å². The summed E-state index contributed by atoms with van der Waals surface area (Å²) in [7, 11) is 2.00. The third kappa shape index (κ3) is 4.25. The maximum absolute atomic E-state index is 11.4. The van der Waals surface area contributed by atoms with Gasteiger partial charge in [0.25, 0.3) is 0 Å². The normalized spacial score (nSPS) is 16.9. The highest BCUT2D eigenvalue weighted by molar-refractivity contribution is 5.94. The number of Topliss-reactive ketones (excluding diaryl/α,β-unsaturated/α-hetero) is 1. The first-order chi connectivity index (χ1) is 14.0. The molecule has 1 aromatic heterocycles. The number of rotatable bonds is 6. The summed E-state index contributed by atoms with van der Waals surface area (Å²) in [6, 6.07) is 16.0. The molecule has 1 fully saturated rings. The van der Waals surface area contributed by atoms with E-state index in [0.717, 1.165) is 24.6 Å². The molecule has 2 heterocycles. The van der Waals surface area contributed by atoms with Gasteiger partial charge in [0, 0.05) is 36.5 Å². The van der Waals surface area contributed by atoms with Crippen LogP contribution in [0.3, 0.4) is 0 Å². The Hall–Kier alpha value is -2.92. The fraction of sp³-hybridized carbons (Fsp3) is 0.333. The SMILES string of the molecule is CC(=O)c1ccc(Oc2ccc(CN3CCC[C@H]3c3cnn(C)c3C)cc2)cc1. The number of ether oxygens (including phenoxy) is 1. The monoisotopic (exact) mass is 389 g/mol. The third-order valence-corrected chi connectivity index (χ3v) is 5.80. The number of likely N-dealkylation sites (tertiary alicyclic amines) is 1. The fourth-order valence-electron chi connectivity index (χ4n) is 4.00. The quantitative estimate of drug-likeness (QED) is 0.553. The Morgan fingerprint density at radius 3 is 2.34 bits per heavy atom. The van der Waals surface area contributed by atoms with E-state index in [1.54, 1.807) is 19.1 Å². The standard InChI is InChI=1S/C24H27N3O2/c1-17-23(15-25-26(17)3)24-5-4-14-27(24)16-19-6-10-21(11-7-19)29-22-12-8-20(9-13-22)18(2)28/h6-13,15,24H,4-5,14,16H2,1-3H3/t24-/m0/s1. The van der Waals surface area contributed by atoms with E-state index in [2.05, 4.69) is 29.1 Å². The highest BCUT2D eigenvalue weighted by atomic mass is 16.5. The van der Waals surface area contributed by atoms with Crippen molar-refractivity contribution in [3.63, 3.8) is 0 Å². The molecule has 3 aromatic rings. The predicted molar refractivity (Wildman–Crippen MR) is 113 cm³/mol. The van der Waals surface area contributed by atoms with Crippen molar-refractivity contribution >= 4 is 5.78 Å². The Balaban J connectivity index is 1.41. The van der Waals surface area contributed by atoms with Crippen LogP contribution in [-0.2, 0) is 13.6 Å². The zero-order valence-electron chi connectivity index (χ0n) is 17.3. The molecular formula is C24H27N3O2. The van der Waals surface area contributed by atoms with Crippen molar-refractivity contribution in [2.45, 2.75) is 39.3 Å². The van der Waals surface area contributed by atoms with Gasteiger partial charge in [0.2, 0.25) is 0 Å². The average Bonchev–Trinajstić information content (AvgIpc) is 3.30. The largest absolute Gasteiger partial charge is 0.457 e. The third-order valence-electron chi connectivity index (χ3n) is 5.80. The summed E-state index contributed by atoms with van der Waals surface area (Å²) in [5.41, 5.74) is 4.56. The molecule has 0 saturated carbocycles. The van der Waals surface area contributed by atoms with Crippen LogP contribution in [0.15, 0.2) is 54.7 Å². The van der Waals surface area contributed by atoms with Gasteiger partial charge in [0.15, 0.2) is 5.78 Å². The molecule has 1 saturated heterocycles. The predicted octanol–water partition coefficient (Wildman–Crippen LogP) is 5.06. The van der Waals surface area contributed by atoms with Crippen molar-refractivity contribution < 1.29 is 9.53 Å². The Morgan fingerprint density at radius 2 is 1.76 bits per heavy atom. The molecule has 150 valence electrons. The number of ketones is 1. The van der Waals surface area contributed by atoms with Crippen molar-refractivity contribution in [2.24, 2.45) is 7.05 Å². The minimum absolute atomic E-state index is 0.0580. The molecule has 29 heavy (non-hydrogen) atoms. The molecule has 0 amide bonds. The topological polar surface area (TPSA) is 47.4 Å². The van der Waals surface area contributed by atoms with Crippen LogP contribution in [0.1, 0.15) is 53.0 Å². The number of hydrogen-bond acceptors (Lipinski definition) is 4. The minimum Gasteiger partial charge on any atom is -0.457 e. The first-order valence-corrected chi connectivity index (χ1v) is 10.1. The van der Waals surface area contributed by atoms with E-state index >= 15 is 0 Å². The van der Waals surface area contributed by atoms with E-state index < -0.39 is 0 Å². The van der Waals surface area contributed by atoms with Gasteiger partial charge in [0.1, 0.15) is 11.5 Å². The smallest absolute Gasteiger partial charge is 0.159 e. The second-order valence-corrected chi connectivity index (χ2v) is 7.76. The van der Waals surface area contributed by atoms with Crippen LogP contribution in [0.5, 0.6) is 11.5 Å². The lowest BCUT2D eigenvalue weighted by Crippen LogP contribution is -2.23. The van der Waals surface area contributed by atoms with E-state index in [-0.39, 0.29) is 5.78 Å². The van der Waals surface area contributed by atoms with Gasteiger partial charge in [-0.3, -0.25) is 14.4 Å². The molecule has 1 aliphatic heterocycles. The molecule has 0 spiro atoms. The summed E-state index contributed by atoms with van der Waals surface area (Å²) in [5, 5.41) is 4.42. The number of carbonyl (C=O) groups is 1. The highest BCUT2D eigenvalue weighted by Crippen LogP contribution is 2.34. The number of carbonyl (C=O) groups excluding carboxylic acids is 1. The molecule has 0 aliphatic carbocycles. The van der Waals surface area contributed by atoms with E-state index in [9.17, 15) is 4.79 Å². The van der Waals surface area contributed by atoms with Gasteiger partial charge in [0.05, 0.1) is 6.20 Å². The molecule has 0 radical (unpaired) electrons. The second-order valence-electron chi connectivity index (χ2n) is 7.76. The number of hydrogen-bond donors (Lipinski definition) is 0. The van der Waals surface area contributed by atoms with E-state index in [0.29, 0.717) is 11.6 Å². The van der Waals surface area contributed by atoms with Crippen molar-refractivity contribution in [3.05, 3.63) is 77.1 Å². The zero-order valence-corrected chi connectivity index (χ0v) is 17.3. The zero-order chi connectivity index (χ0) is 20.4. The Morgan fingerprint density at radius 1 is 1.10 bits per heavy atom. The van der Waals surface area contributed by atoms with E-state index in [1.165, 1.54) is 29.7 Å². The van der Waals surface area contributed by atoms with E-state index in [1.807, 2.05) is 42.2 Å². The van der Waals surface area contributed by atoms with Crippen LogP contribution < -0.4 is 4.74 Å². The van der Waals surface area contributed by atoms with Crippen LogP contribution in [0.25, 0.3) is 0 Å². The summed E-state index contributed by atoms with van der Waals surface area (Å²) in [4.78, 5) is 13.9.